The van der Waals surface area contributed by atoms with Gasteiger partial charge in [0, 0.05) is 36.9 Å². The minimum absolute atomic E-state index is 0.655. The summed E-state index contributed by atoms with van der Waals surface area (Å²) in [6.07, 6.45) is 7.57. The normalized spacial score (nSPS) is 23.6. The quantitative estimate of drug-likeness (QED) is 0.760. The average molecular weight is 217 g/mol. The van der Waals surface area contributed by atoms with Crippen molar-refractivity contribution in [2.75, 3.05) is 13.1 Å². The predicted molar refractivity (Wildman–Crippen MR) is 63.3 cm³/mol. The zero-order valence-electron chi connectivity index (χ0n) is 9.89. The van der Waals surface area contributed by atoms with Crippen molar-refractivity contribution in [2.45, 2.75) is 44.6 Å². The van der Waals surface area contributed by atoms with Gasteiger partial charge < -0.3 is 0 Å². The molecular weight excluding hydrogens is 198 g/mol. The molecule has 1 aromatic heterocycles. The van der Waals surface area contributed by atoms with E-state index in [1.165, 1.54) is 44.5 Å². The highest BCUT2D eigenvalue weighted by Gasteiger charge is 2.34. The van der Waals surface area contributed by atoms with Crippen LogP contribution in [0.3, 0.4) is 0 Å². The zero-order valence-corrected chi connectivity index (χ0v) is 9.89. The van der Waals surface area contributed by atoms with Gasteiger partial charge >= 0.3 is 0 Å². The molecule has 0 bridgehead atoms. The summed E-state index contributed by atoms with van der Waals surface area (Å²) in [5.74, 6) is 1.55. The fraction of sp³-hybridized carbons (Fsp3) is 0.692. The van der Waals surface area contributed by atoms with E-state index >= 15 is 0 Å². The molecule has 0 atom stereocenters. The van der Waals surface area contributed by atoms with Gasteiger partial charge in [-0.05, 0) is 25.8 Å². The molecule has 3 rings (SSSR count). The van der Waals surface area contributed by atoms with Gasteiger partial charge in [0.15, 0.2) is 0 Å². The molecule has 0 unspecified atom stereocenters. The first-order chi connectivity index (χ1) is 7.83. The van der Waals surface area contributed by atoms with Crippen molar-refractivity contribution in [1.29, 1.82) is 0 Å². The molecule has 3 nitrogen and oxygen atoms in total. The van der Waals surface area contributed by atoms with E-state index in [2.05, 4.69) is 20.9 Å². The summed E-state index contributed by atoms with van der Waals surface area (Å²) in [4.78, 5) is 11.3. The van der Waals surface area contributed by atoms with Gasteiger partial charge in [-0.15, -0.1) is 0 Å². The lowest BCUT2D eigenvalue weighted by molar-refractivity contribution is 0.0923. The maximum Gasteiger partial charge on any atom is 0.125 e. The van der Waals surface area contributed by atoms with E-state index in [4.69, 9.17) is 0 Å². The highest BCUT2D eigenvalue weighted by Crippen LogP contribution is 2.33. The van der Waals surface area contributed by atoms with Crippen LogP contribution in [0, 0.1) is 6.92 Å². The minimum Gasteiger partial charge on any atom is -0.299 e. The van der Waals surface area contributed by atoms with Crippen LogP contribution in [-0.4, -0.2) is 34.0 Å². The van der Waals surface area contributed by atoms with Gasteiger partial charge in [0.2, 0.25) is 0 Å². The smallest absolute Gasteiger partial charge is 0.125 e. The van der Waals surface area contributed by atoms with Crippen molar-refractivity contribution in [3.8, 4) is 0 Å². The Hall–Kier alpha value is -0.960. The third kappa shape index (κ3) is 1.84. The summed E-state index contributed by atoms with van der Waals surface area (Å²) in [6.45, 7) is 4.39. The van der Waals surface area contributed by atoms with Crippen LogP contribution in [0.4, 0.5) is 0 Å². The molecule has 16 heavy (non-hydrogen) atoms. The van der Waals surface area contributed by atoms with Gasteiger partial charge in [-0.25, -0.2) is 9.97 Å². The third-order valence-electron chi connectivity index (χ3n) is 3.97. The SMILES string of the molecule is Cc1nccc(C2CN(C3CCCC3)C2)n1. The summed E-state index contributed by atoms with van der Waals surface area (Å²) in [6, 6.07) is 2.95. The molecule has 1 aliphatic carbocycles. The molecule has 86 valence electrons. The van der Waals surface area contributed by atoms with Gasteiger partial charge in [0.1, 0.15) is 5.82 Å². The van der Waals surface area contributed by atoms with Crippen molar-refractivity contribution in [2.24, 2.45) is 0 Å². The maximum absolute atomic E-state index is 4.52. The molecule has 2 fully saturated rings. The van der Waals surface area contributed by atoms with Crippen LogP contribution in [0.25, 0.3) is 0 Å². The predicted octanol–water partition coefficient (Wildman–Crippen LogP) is 2.13. The Bertz CT molecular complexity index is 365. The van der Waals surface area contributed by atoms with Crippen LogP contribution >= 0.6 is 0 Å². The lowest BCUT2D eigenvalue weighted by Crippen LogP contribution is -2.50. The molecule has 1 saturated carbocycles. The van der Waals surface area contributed by atoms with Gasteiger partial charge in [0.25, 0.3) is 0 Å². The lowest BCUT2D eigenvalue weighted by atomic mass is 9.93. The van der Waals surface area contributed by atoms with Crippen LogP contribution in [0.15, 0.2) is 12.3 Å². The highest BCUT2D eigenvalue weighted by atomic mass is 15.2. The Morgan fingerprint density at radius 2 is 2.00 bits per heavy atom. The van der Waals surface area contributed by atoms with Crippen molar-refractivity contribution in [3.05, 3.63) is 23.8 Å². The number of hydrogen-bond acceptors (Lipinski definition) is 3. The van der Waals surface area contributed by atoms with Crippen molar-refractivity contribution in [3.63, 3.8) is 0 Å². The van der Waals surface area contributed by atoms with Crippen LogP contribution in [0.1, 0.15) is 43.1 Å². The molecule has 2 aliphatic rings. The van der Waals surface area contributed by atoms with E-state index in [9.17, 15) is 0 Å². The highest BCUT2D eigenvalue weighted by molar-refractivity contribution is 5.13. The largest absolute Gasteiger partial charge is 0.299 e. The molecule has 0 N–H and O–H groups in total. The fourth-order valence-corrected chi connectivity index (χ4v) is 2.97. The fourth-order valence-electron chi connectivity index (χ4n) is 2.97. The van der Waals surface area contributed by atoms with E-state index in [0.29, 0.717) is 5.92 Å². The van der Waals surface area contributed by atoms with Gasteiger partial charge in [-0.1, -0.05) is 12.8 Å². The number of aromatic nitrogens is 2. The van der Waals surface area contributed by atoms with Crippen LogP contribution in [0.2, 0.25) is 0 Å². The second-order valence-corrected chi connectivity index (χ2v) is 5.12. The second-order valence-electron chi connectivity index (χ2n) is 5.12. The van der Waals surface area contributed by atoms with E-state index < -0.39 is 0 Å². The van der Waals surface area contributed by atoms with Crippen LogP contribution in [0.5, 0.6) is 0 Å². The molecule has 2 heterocycles. The minimum atomic E-state index is 0.655. The summed E-state index contributed by atoms with van der Waals surface area (Å²) >= 11 is 0. The molecule has 3 heteroatoms. The Morgan fingerprint density at radius 3 is 2.69 bits per heavy atom. The summed E-state index contributed by atoms with van der Waals surface area (Å²) < 4.78 is 0. The van der Waals surface area contributed by atoms with E-state index in [-0.39, 0.29) is 0 Å². The Kier molecular flexibility index (Phi) is 2.64. The summed E-state index contributed by atoms with van der Waals surface area (Å²) in [7, 11) is 0. The standard InChI is InChI=1S/C13H19N3/c1-10-14-7-6-13(15-10)11-8-16(9-11)12-4-2-3-5-12/h6-7,11-12H,2-5,8-9H2,1H3. The topological polar surface area (TPSA) is 29.0 Å². The van der Waals surface area contributed by atoms with Crippen LogP contribution in [-0.2, 0) is 0 Å². The van der Waals surface area contributed by atoms with E-state index in [1.807, 2.05) is 13.1 Å². The second kappa shape index (κ2) is 4.13. The molecule has 0 spiro atoms. The van der Waals surface area contributed by atoms with E-state index in [0.717, 1.165) is 11.9 Å². The average Bonchev–Trinajstić information content (AvgIpc) is 2.69. The van der Waals surface area contributed by atoms with E-state index in [1.54, 1.807) is 0 Å². The first kappa shape index (κ1) is 10.2. The summed E-state index contributed by atoms with van der Waals surface area (Å²) in [5, 5.41) is 0. The number of nitrogens with zero attached hydrogens (tertiary/aromatic N) is 3. The lowest BCUT2D eigenvalue weighted by Gasteiger charge is -2.43. The van der Waals surface area contributed by atoms with Gasteiger partial charge in [0.05, 0.1) is 0 Å². The molecule has 0 amide bonds. The zero-order chi connectivity index (χ0) is 11.0. The third-order valence-corrected chi connectivity index (χ3v) is 3.97. The number of hydrogen-bond donors (Lipinski definition) is 0. The maximum atomic E-state index is 4.52. The molecule has 1 aromatic rings. The molecule has 1 aliphatic heterocycles. The first-order valence-electron chi connectivity index (χ1n) is 6.36. The van der Waals surface area contributed by atoms with Crippen LogP contribution < -0.4 is 0 Å². The molecule has 1 saturated heterocycles. The Morgan fingerprint density at radius 1 is 1.25 bits per heavy atom. The first-order valence-corrected chi connectivity index (χ1v) is 6.36. The Labute approximate surface area is 96.9 Å². The van der Waals surface area contributed by atoms with Crippen molar-refractivity contribution in [1.82, 2.24) is 14.9 Å². The number of aryl methyl sites for hydroxylation is 1. The van der Waals surface area contributed by atoms with Crippen molar-refractivity contribution < 1.29 is 0 Å². The Balaban J connectivity index is 1.60. The monoisotopic (exact) mass is 217 g/mol. The summed E-state index contributed by atoms with van der Waals surface area (Å²) in [5.41, 5.74) is 1.24. The molecule has 0 aromatic carbocycles. The van der Waals surface area contributed by atoms with Gasteiger partial charge in [-0.3, -0.25) is 4.90 Å². The molecule has 0 radical (unpaired) electrons. The molecular formula is C13H19N3. The number of likely N-dealkylation sites (tertiary alicyclic amines) is 1. The number of rotatable bonds is 2. The van der Waals surface area contributed by atoms with Crippen molar-refractivity contribution >= 4 is 0 Å². The van der Waals surface area contributed by atoms with Gasteiger partial charge in [-0.2, -0.15) is 0 Å².